The first-order chi connectivity index (χ1) is 14.6. The molecular weight excluding hydrogens is 505 g/mol. The van der Waals surface area contributed by atoms with Gasteiger partial charge in [-0.15, -0.1) is 24.0 Å². The molecule has 172 valence electrons. The Morgan fingerprint density at radius 2 is 1.84 bits per heavy atom. The van der Waals surface area contributed by atoms with Crippen LogP contribution in [0.4, 0.5) is 5.69 Å². The lowest BCUT2D eigenvalue weighted by atomic mass is 10.0. The van der Waals surface area contributed by atoms with Crippen LogP contribution >= 0.6 is 24.0 Å². The number of furan rings is 1. The zero-order valence-corrected chi connectivity index (χ0v) is 20.9. The van der Waals surface area contributed by atoms with Gasteiger partial charge in [-0.2, -0.15) is 0 Å². The van der Waals surface area contributed by atoms with Crippen LogP contribution in [0.15, 0.2) is 58.1 Å². The highest BCUT2D eigenvalue weighted by Gasteiger charge is 2.26. The smallest absolute Gasteiger partial charge is 0.191 e. The fourth-order valence-electron chi connectivity index (χ4n) is 3.62. The number of piperazine rings is 1. The highest BCUT2D eigenvalue weighted by atomic mass is 127. The normalized spacial score (nSPS) is 17.0. The van der Waals surface area contributed by atoms with E-state index in [9.17, 15) is 5.11 Å². The van der Waals surface area contributed by atoms with Crippen molar-refractivity contribution in [1.29, 1.82) is 0 Å². The maximum Gasteiger partial charge on any atom is 0.191 e. The van der Waals surface area contributed by atoms with Crippen molar-refractivity contribution in [1.82, 2.24) is 15.5 Å². The summed E-state index contributed by atoms with van der Waals surface area (Å²) in [5.41, 5.74) is 0.195. The molecule has 1 aliphatic heterocycles. The summed E-state index contributed by atoms with van der Waals surface area (Å²) < 4.78 is 5.32. The van der Waals surface area contributed by atoms with Gasteiger partial charge in [-0.1, -0.05) is 18.2 Å². The van der Waals surface area contributed by atoms with Gasteiger partial charge in [0.2, 0.25) is 0 Å². The minimum absolute atomic E-state index is 0. The number of nitrogens with zero attached hydrogens (tertiary/aromatic N) is 3. The molecule has 1 aromatic carbocycles. The zero-order valence-electron chi connectivity index (χ0n) is 18.6. The summed E-state index contributed by atoms with van der Waals surface area (Å²) in [7, 11) is 0. The molecule has 1 aliphatic rings. The molecule has 1 aromatic heterocycles. The summed E-state index contributed by atoms with van der Waals surface area (Å²) in [5, 5.41) is 17.2. The topological polar surface area (TPSA) is 76.3 Å². The number of aliphatic hydroxyl groups is 1. The minimum Gasteiger partial charge on any atom is -0.466 e. The quantitative estimate of drug-likeness (QED) is 0.196. The van der Waals surface area contributed by atoms with E-state index in [1.165, 1.54) is 5.69 Å². The summed E-state index contributed by atoms with van der Waals surface area (Å²) >= 11 is 0. The Bertz CT molecular complexity index is 760. The number of rotatable bonds is 9. The van der Waals surface area contributed by atoms with E-state index in [0.717, 1.165) is 58.2 Å². The van der Waals surface area contributed by atoms with E-state index in [4.69, 9.17) is 4.42 Å². The molecule has 31 heavy (non-hydrogen) atoms. The van der Waals surface area contributed by atoms with Crippen LogP contribution in [-0.2, 0) is 5.60 Å². The van der Waals surface area contributed by atoms with Crippen LogP contribution in [0, 0.1) is 0 Å². The standard InChI is InChI=1S/C23H35N5O2.HI/c1-3-24-22(26-19-23(2,29)21-11-7-18-30-21)25-12-8-13-27-14-16-28(17-15-27)20-9-5-4-6-10-20;/h4-7,9-11,18,29H,3,8,12-17,19H2,1-2H3,(H2,24,25,26);1H. The lowest BCUT2D eigenvalue weighted by Gasteiger charge is -2.36. The van der Waals surface area contributed by atoms with Crippen molar-refractivity contribution < 1.29 is 9.52 Å². The Morgan fingerprint density at radius 3 is 2.48 bits per heavy atom. The zero-order chi connectivity index (χ0) is 21.2. The summed E-state index contributed by atoms with van der Waals surface area (Å²) in [6, 6.07) is 14.2. The molecule has 1 atom stereocenters. The number of anilines is 1. The van der Waals surface area contributed by atoms with Crippen LogP contribution in [0.3, 0.4) is 0 Å². The summed E-state index contributed by atoms with van der Waals surface area (Å²) in [6.07, 6.45) is 2.61. The van der Waals surface area contributed by atoms with E-state index in [-0.39, 0.29) is 30.5 Å². The van der Waals surface area contributed by atoms with E-state index < -0.39 is 5.60 Å². The predicted molar refractivity (Wildman–Crippen MR) is 137 cm³/mol. The molecule has 8 heteroatoms. The van der Waals surface area contributed by atoms with E-state index >= 15 is 0 Å². The maximum atomic E-state index is 10.6. The number of hydrogen-bond donors (Lipinski definition) is 3. The van der Waals surface area contributed by atoms with Gasteiger partial charge in [-0.25, -0.2) is 4.99 Å². The van der Waals surface area contributed by atoms with Crippen molar-refractivity contribution in [2.75, 3.05) is 57.3 Å². The summed E-state index contributed by atoms with van der Waals surface area (Å²) in [5.74, 6) is 1.25. The Balaban J connectivity index is 0.00000341. The van der Waals surface area contributed by atoms with Crippen molar-refractivity contribution in [2.45, 2.75) is 25.9 Å². The second-order valence-electron chi connectivity index (χ2n) is 7.89. The van der Waals surface area contributed by atoms with E-state index in [2.05, 4.69) is 55.8 Å². The molecule has 1 unspecified atom stereocenters. The SMILES string of the molecule is CCNC(=NCC(C)(O)c1ccco1)NCCCN1CCN(c2ccccc2)CC1.I. The first-order valence-corrected chi connectivity index (χ1v) is 10.9. The molecule has 1 fully saturated rings. The monoisotopic (exact) mass is 541 g/mol. The minimum atomic E-state index is -1.12. The second kappa shape index (κ2) is 12.9. The average Bonchev–Trinajstić information content (AvgIpc) is 3.32. The van der Waals surface area contributed by atoms with Gasteiger partial charge in [-0.3, -0.25) is 4.90 Å². The Kier molecular flexibility index (Phi) is 10.6. The van der Waals surface area contributed by atoms with Gasteiger partial charge in [0.15, 0.2) is 5.96 Å². The first-order valence-electron chi connectivity index (χ1n) is 10.9. The van der Waals surface area contributed by atoms with Crippen molar-refractivity contribution in [2.24, 2.45) is 4.99 Å². The third-order valence-corrected chi connectivity index (χ3v) is 5.38. The van der Waals surface area contributed by atoms with Crippen molar-refractivity contribution in [3.8, 4) is 0 Å². The van der Waals surface area contributed by atoms with Crippen LogP contribution in [0.1, 0.15) is 26.0 Å². The Labute approximate surface area is 202 Å². The average molecular weight is 541 g/mol. The molecule has 1 saturated heterocycles. The van der Waals surface area contributed by atoms with Crippen LogP contribution in [0.5, 0.6) is 0 Å². The van der Waals surface area contributed by atoms with Crippen molar-refractivity contribution >= 4 is 35.6 Å². The fourth-order valence-corrected chi connectivity index (χ4v) is 3.62. The number of guanidine groups is 1. The van der Waals surface area contributed by atoms with Crippen LogP contribution in [0.25, 0.3) is 0 Å². The Hall–Kier alpha value is -1.78. The number of nitrogens with one attached hydrogen (secondary N) is 2. The second-order valence-corrected chi connectivity index (χ2v) is 7.89. The van der Waals surface area contributed by atoms with Gasteiger partial charge in [0.05, 0.1) is 12.8 Å². The molecule has 0 amide bonds. The van der Waals surface area contributed by atoms with E-state index in [1.807, 2.05) is 6.92 Å². The molecule has 2 aromatic rings. The van der Waals surface area contributed by atoms with Gasteiger partial charge < -0.3 is 25.1 Å². The van der Waals surface area contributed by atoms with Crippen LogP contribution in [0.2, 0.25) is 0 Å². The summed E-state index contributed by atoms with van der Waals surface area (Å²) in [6.45, 7) is 11.0. The van der Waals surface area contributed by atoms with Gasteiger partial charge in [0, 0.05) is 45.0 Å². The third-order valence-electron chi connectivity index (χ3n) is 5.38. The number of para-hydroxylation sites is 1. The molecule has 0 saturated carbocycles. The highest BCUT2D eigenvalue weighted by Crippen LogP contribution is 2.21. The van der Waals surface area contributed by atoms with Crippen molar-refractivity contribution in [3.63, 3.8) is 0 Å². The molecular formula is C23H36IN5O2. The molecule has 7 nitrogen and oxygen atoms in total. The highest BCUT2D eigenvalue weighted by molar-refractivity contribution is 14.0. The molecule has 0 aliphatic carbocycles. The van der Waals surface area contributed by atoms with Crippen molar-refractivity contribution in [3.05, 3.63) is 54.5 Å². The molecule has 3 N–H and O–H groups in total. The van der Waals surface area contributed by atoms with Gasteiger partial charge in [0.1, 0.15) is 11.4 Å². The molecule has 2 heterocycles. The molecule has 3 rings (SSSR count). The van der Waals surface area contributed by atoms with E-state index in [1.54, 1.807) is 25.3 Å². The third kappa shape index (κ3) is 8.01. The largest absolute Gasteiger partial charge is 0.466 e. The van der Waals surface area contributed by atoms with Gasteiger partial charge in [-0.05, 0) is 51.1 Å². The lowest BCUT2D eigenvalue weighted by molar-refractivity contribution is 0.0437. The van der Waals surface area contributed by atoms with E-state index in [0.29, 0.717) is 5.76 Å². The Morgan fingerprint density at radius 1 is 1.10 bits per heavy atom. The van der Waals surface area contributed by atoms with Crippen LogP contribution in [-0.4, -0.2) is 68.3 Å². The fraction of sp³-hybridized carbons (Fsp3) is 0.522. The van der Waals surface area contributed by atoms with Gasteiger partial charge in [0.25, 0.3) is 0 Å². The lowest BCUT2D eigenvalue weighted by Crippen LogP contribution is -2.47. The number of aliphatic imine (C=N–C) groups is 1. The predicted octanol–water partition coefficient (Wildman–Crippen LogP) is 2.87. The first kappa shape index (κ1) is 25.5. The molecule has 0 radical (unpaired) electrons. The number of hydrogen-bond acceptors (Lipinski definition) is 5. The maximum absolute atomic E-state index is 10.6. The number of benzene rings is 1. The number of halogens is 1. The molecule has 0 spiro atoms. The summed E-state index contributed by atoms with van der Waals surface area (Å²) in [4.78, 5) is 9.51. The molecule has 0 bridgehead atoms. The van der Waals surface area contributed by atoms with Gasteiger partial charge >= 0.3 is 0 Å². The van der Waals surface area contributed by atoms with Crippen LogP contribution < -0.4 is 15.5 Å².